The Morgan fingerprint density at radius 3 is 2.50 bits per heavy atom. The topological polar surface area (TPSA) is 21.3 Å². The largest absolute Gasteiger partial charge is 0.411 e. The predicted molar refractivity (Wildman–Crippen MR) is 59.8 cm³/mol. The minimum absolute atomic E-state index is 0.121. The van der Waals surface area contributed by atoms with Gasteiger partial charge in [-0.25, -0.2) is 4.39 Å². The minimum Gasteiger partial charge on any atom is -0.370 e. The van der Waals surface area contributed by atoms with E-state index in [-0.39, 0.29) is 24.9 Å². The van der Waals surface area contributed by atoms with Gasteiger partial charge in [-0.05, 0) is 25.1 Å². The van der Waals surface area contributed by atoms with E-state index in [0.29, 0.717) is 5.56 Å². The normalized spacial score (nSPS) is 13.6. The molecular formula is C12H15F4NO. The van der Waals surface area contributed by atoms with Crippen LogP contribution in [0.2, 0.25) is 0 Å². The zero-order chi connectivity index (χ0) is 13.6. The monoisotopic (exact) mass is 265 g/mol. The van der Waals surface area contributed by atoms with Gasteiger partial charge >= 0.3 is 6.18 Å². The smallest absolute Gasteiger partial charge is 0.370 e. The number of hydrogen-bond donors (Lipinski definition) is 1. The van der Waals surface area contributed by atoms with Crippen LogP contribution in [0.4, 0.5) is 17.6 Å². The molecule has 0 heterocycles. The first-order chi connectivity index (χ1) is 8.42. The van der Waals surface area contributed by atoms with Crippen molar-refractivity contribution in [2.75, 3.05) is 20.3 Å². The summed E-state index contributed by atoms with van der Waals surface area (Å²) in [7, 11) is 1.60. The van der Waals surface area contributed by atoms with E-state index in [1.54, 1.807) is 25.2 Å². The first kappa shape index (κ1) is 14.9. The van der Waals surface area contributed by atoms with Crippen LogP contribution in [0.5, 0.6) is 0 Å². The molecule has 1 aromatic rings. The third kappa shape index (κ3) is 5.46. The van der Waals surface area contributed by atoms with Crippen molar-refractivity contribution in [3.8, 4) is 0 Å². The van der Waals surface area contributed by atoms with Gasteiger partial charge in [0.2, 0.25) is 0 Å². The molecule has 0 fully saturated rings. The van der Waals surface area contributed by atoms with E-state index in [2.05, 4.69) is 10.1 Å². The highest BCUT2D eigenvalue weighted by molar-refractivity contribution is 5.18. The fourth-order valence-electron chi connectivity index (χ4n) is 1.49. The molecule has 0 aliphatic carbocycles. The van der Waals surface area contributed by atoms with Crippen LogP contribution in [0, 0.1) is 5.82 Å². The van der Waals surface area contributed by atoms with Crippen molar-refractivity contribution in [3.05, 3.63) is 35.6 Å². The maximum absolute atomic E-state index is 13.3. The van der Waals surface area contributed by atoms with Gasteiger partial charge in [0.05, 0.1) is 6.61 Å². The Labute approximate surface area is 103 Å². The molecule has 0 amide bonds. The summed E-state index contributed by atoms with van der Waals surface area (Å²) in [5.74, 6) is -0.367. The molecule has 1 aromatic carbocycles. The molecule has 0 spiro atoms. The number of alkyl halides is 3. The van der Waals surface area contributed by atoms with Gasteiger partial charge in [0.15, 0.2) is 0 Å². The zero-order valence-corrected chi connectivity index (χ0v) is 9.93. The first-order valence-electron chi connectivity index (χ1n) is 5.47. The van der Waals surface area contributed by atoms with Crippen molar-refractivity contribution >= 4 is 0 Å². The SMILES string of the molecule is CNC(COCC(F)(F)F)Cc1ccccc1F. The van der Waals surface area contributed by atoms with Gasteiger partial charge in [-0.1, -0.05) is 18.2 Å². The standard InChI is InChI=1S/C12H15F4NO/c1-17-10(7-18-8-12(14,15)16)6-9-4-2-3-5-11(9)13/h2-5,10,17H,6-8H2,1H3. The third-order valence-corrected chi connectivity index (χ3v) is 2.42. The van der Waals surface area contributed by atoms with Gasteiger partial charge in [0.25, 0.3) is 0 Å². The van der Waals surface area contributed by atoms with Gasteiger partial charge in [0, 0.05) is 6.04 Å². The molecule has 0 radical (unpaired) electrons. The Balaban J connectivity index is 2.45. The molecule has 0 bridgehead atoms. The zero-order valence-electron chi connectivity index (χ0n) is 9.93. The van der Waals surface area contributed by atoms with Gasteiger partial charge in [-0.15, -0.1) is 0 Å². The van der Waals surface area contributed by atoms with Crippen LogP contribution < -0.4 is 5.32 Å². The number of likely N-dealkylation sites (N-methyl/N-ethyl adjacent to an activating group) is 1. The molecule has 102 valence electrons. The summed E-state index contributed by atoms with van der Waals surface area (Å²) in [4.78, 5) is 0. The van der Waals surface area contributed by atoms with Crippen molar-refractivity contribution < 1.29 is 22.3 Å². The van der Waals surface area contributed by atoms with Crippen LogP contribution in [0.25, 0.3) is 0 Å². The van der Waals surface area contributed by atoms with E-state index in [9.17, 15) is 17.6 Å². The summed E-state index contributed by atoms with van der Waals surface area (Å²) in [5, 5.41) is 2.80. The molecule has 18 heavy (non-hydrogen) atoms. The summed E-state index contributed by atoms with van der Waals surface area (Å²) in [6.45, 7) is -1.41. The number of rotatable bonds is 6. The lowest BCUT2D eigenvalue weighted by molar-refractivity contribution is -0.175. The summed E-state index contributed by atoms with van der Waals surface area (Å²) >= 11 is 0. The summed E-state index contributed by atoms with van der Waals surface area (Å²) in [6.07, 6.45) is -4.06. The lowest BCUT2D eigenvalue weighted by atomic mass is 10.1. The van der Waals surface area contributed by atoms with Crippen LogP contribution in [0.3, 0.4) is 0 Å². The van der Waals surface area contributed by atoms with E-state index in [0.717, 1.165) is 0 Å². The average Bonchev–Trinajstić information content (AvgIpc) is 2.29. The second-order valence-electron chi connectivity index (χ2n) is 3.91. The van der Waals surface area contributed by atoms with Gasteiger partial charge in [0.1, 0.15) is 12.4 Å². The number of nitrogens with one attached hydrogen (secondary N) is 1. The molecule has 0 saturated heterocycles. The second kappa shape index (κ2) is 6.70. The van der Waals surface area contributed by atoms with Crippen LogP contribution in [-0.4, -0.2) is 32.5 Å². The van der Waals surface area contributed by atoms with Gasteiger partial charge < -0.3 is 10.1 Å². The second-order valence-corrected chi connectivity index (χ2v) is 3.91. The summed E-state index contributed by atoms with van der Waals surface area (Å²) in [6, 6.07) is 5.81. The molecule has 1 unspecified atom stereocenters. The maximum atomic E-state index is 13.3. The Hall–Kier alpha value is -1.14. The number of halogens is 4. The van der Waals surface area contributed by atoms with Crippen molar-refractivity contribution in [2.24, 2.45) is 0 Å². The van der Waals surface area contributed by atoms with E-state index < -0.39 is 12.8 Å². The highest BCUT2D eigenvalue weighted by atomic mass is 19.4. The lowest BCUT2D eigenvalue weighted by Gasteiger charge is -2.17. The maximum Gasteiger partial charge on any atom is 0.411 e. The molecule has 0 saturated carbocycles. The highest BCUT2D eigenvalue weighted by Crippen LogP contribution is 2.15. The van der Waals surface area contributed by atoms with Crippen molar-refractivity contribution in [1.29, 1.82) is 0 Å². The van der Waals surface area contributed by atoms with Crippen LogP contribution in [0.15, 0.2) is 24.3 Å². The number of benzene rings is 1. The first-order valence-corrected chi connectivity index (χ1v) is 5.47. The molecule has 1 rings (SSSR count). The van der Waals surface area contributed by atoms with E-state index >= 15 is 0 Å². The Morgan fingerprint density at radius 1 is 1.28 bits per heavy atom. The number of ether oxygens (including phenoxy) is 1. The fraction of sp³-hybridized carbons (Fsp3) is 0.500. The molecule has 1 atom stereocenters. The Morgan fingerprint density at radius 2 is 1.94 bits per heavy atom. The van der Waals surface area contributed by atoms with E-state index in [1.807, 2.05) is 0 Å². The third-order valence-electron chi connectivity index (χ3n) is 2.42. The van der Waals surface area contributed by atoms with Crippen molar-refractivity contribution in [1.82, 2.24) is 5.32 Å². The van der Waals surface area contributed by atoms with Gasteiger partial charge in [-0.2, -0.15) is 13.2 Å². The number of hydrogen-bond acceptors (Lipinski definition) is 2. The van der Waals surface area contributed by atoms with E-state index in [1.165, 1.54) is 6.07 Å². The predicted octanol–water partition coefficient (Wildman–Crippen LogP) is 2.54. The molecule has 0 aromatic heterocycles. The molecule has 2 nitrogen and oxygen atoms in total. The van der Waals surface area contributed by atoms with Crippen molar-refractivity contribution in [2.45, 2.75) is 18.6 Å². The quantitative estimate of drug-likeness (QED) is 0.798. The van der Waals surface area contributed by atoms with E-state index in [4.69, 9.17) is 0 Å². The molecule has 6 heteroatoms. The minimum atomic E-state index is -4.34. The Bertz CT molecular complexity index is 367. The van der Waals surface area contributed by atoms with Crippen LogP contribution in [-0.2, 0) is 11.2 Å². The fourth-order valence-corrected chi connectivity index (χ4v) is 1.49. The summed E-state index contributed by atoms with van der Waals surface area (Å²) < 4.78 is 53.6. The summed E-state index contributed by atoms with van der Waals surface area (Å²) in [5.41, 5.74) is 0.451. The molecule has 1 N–H and O–H groups in total. The molecule has 0 aliphatic heterocycles. The highest BCUT2D eigenvalue weighted by Gasteiger charge is 2.27. The average molecular weight is 265 g/mol. The molecular weight excluding hydrogens is 250 g/mol. The van der Waals surface area contributed by atoms with Crippen LogP contribution >= 0.6 is 0 Å². The Kier molecular flexibility index (Phi) is 5.55. The van der Waals surface area contributed by atoms with Crippen molar-refractivity contribution in [3.63, 3.8) is 0 Å². The van der Waals surface area contributed by atoms with Gasteiger partial charge in [-0.3, -0.25) is 0 Å². The lowest BCUT2D eigenvalue weighted by Crippen LogP contribution is -2.34. The van der Waals surface area contributed by atoms with Crippen LogP contribution in [0.1, 0.15) is 5.56 Å². The molecule has 0 aliphatic rings.